The third kappa shape index (κ3) is 7.51. The van der Waals surface area contributed by atoms with Crippen LogP contribution in [-0.4, -0.2) is 60.1 Å². The Bertz CT molecular complexity index is 836. The number of nitrogens with one attached hydrogen (secondary N) is 1. The van der Waals surface area contributed by atoms with Gasteiger partial charge in [-0.1, -0.05) is 12.1 Å². The number of likely N-dealkylation sites (tertiary alicyclic amines) is 1. The third-order valence-electron chi connectivity index (χ3n) is 4.74. The lowest BCUT2D eigenvalue weighted by molar-refractivity contribution is -0.137. The summed E-state index contributed by atoms with van der Waals surface area (Å²) in [6, 6.07) is 3.62. The lowest BCUT2D eigenvalue weighted by Crippen LogP contribution is -2.44. The zero-order valence-corrected chi connectivity index (χ0v) is 18.6. The van der Waals surface area contributed by atoms with E-state index in [1.165, 1.54) is 11.0 Å². The number of ether oxygens (including phenoxy) is 2. The van der Waals surface area contributed by atoms with Gasteiger partial charge < -0.3 is 19.7 Å². The predicted octanol–water partition coefficient (Wildman–Crippen LogP) is 3.81. The van der Waals surface area contributed by atoms with E-state index in [0.29, 0.717) is 6.61 Å². The van der Waals surface area contributed by atoms with Crippen LogP contribution in [0.1, 0.15) is 56.5 Å². The van der Waals surface area contributed by atoms with E-state index < -0.39 is 47.3 Å². The molecule has 1 aliphatic heterocycles. The van der Waals surface area contributed by atoms with Crippen LogP contribution in [0.2, 0.25) is 0 Å². The van der Waals surface area contributed by atoms with Crippen LogP contribution < -0.4 is 5.32 Å². The number of amides is 2. The first kappa shape index (κ1) is 25.6. The zero-order chi connectivity index (χ0) is 24.1. The number of ketones is 1. The summed E-state index contributed by atoms with van der Waals surface area (Å²) in [5.74, 6) is -1.01. The van der Waals surface area contributed by atoms with Gasteiger partial charge >= 0.3 is 12.3 Å². The number of hydrogen-bond donors (Lipinski definition) is 1. The minimum atomic E-state index is -4.55. The first-order valence-corrected chi connectivity index (χ1v) is 10.4. The van der Waals surface area contributed by atoms with Gasteiger partial charge in [0.05, 0.1) is 24.3 Å². The standard InChI is InChI=1S/C22H29F3N2O5/c1-5-31-18-13-27(20(30)32-21(2,3)4)12-16(18)26-19(29)10-9-17(28)14-7-6-8-15(11-14)22(23,24)25/h6-8,11,16,18H,5,9-10,12-13H2,1-4H3,(H,26,29)/t16-,18-/m0/s1. The molecule has 1 fully saturated rings. The maximum absolute atomic E-state index is 12.8. The largest absolute Gasteiger partial charge is 0.444 e. The fraction of sp³-hybridized carbons (Fsp3) is 0.591. The van der Waals surface area contributed by atoms with Crippen molar-refractivity contribution < 1.29 is 37.0 Å². The normalized spacial score (nSPS) is 19.0. The van der Waals surface area contributed by atoms with E-state index in [0.717, 1.165) is 18.2 Å². The van der Waals surface area contributed by atoms with E-state index in [-0.39, 0.29) is 31.5 Å². The van der Waals surface area contributed by atoms with Crippen molar-refractivity contribution in [3.63, 3.8) is 0 Å². The number of halogens is 3. The molecule has 0 spiro atoms. The van der Waals surface area contributed by atoms with Crippen LogP contribution in [0.25, 0.3) is 0 Å². The fourth-order valence-corrected chi connectivity index (χ4v) is 3.29. The first-order valence-electron chi connectivity index (χ1n) is 10.4. The molecule has 0 aromatic heterocycles. The maximum Gasteiger partial charge on any atom is 0.416 e. The van der Waals surface area contributed by atoms with E-state index in [2.05, 4.69) is 5.32 Å². The number of carbonyl (C=O) groups is 3. The molecule has 1 saturated heterocycles. The van der Waals surface area contributed by atoms with Crippen molar-refractivity contribution in [3.05, 3.63) is 35.4 Å². The summed E-state index contributed by atoms with van der Waals surface area (Å²) < 4.78 is 49.5. The minimum Gasteiger partial charge on any atom is -0.444 e. The van der Waals surface area contributed by atoms with E-state index in [1.807, 2.05) is 0 Å². The highest BCUT2D eigenvalue weighted by atomic mass is 19.4. The van der Waals surface area contributed by atoms with Crippen LogP contribution >= 0.6 is 0 Å². The van der Waals surface area contributed by atoms with Gasteiger partial charge in [0.2, 0.25) is 5.91 Å². The summed E-state index contributed by atoms with van der Waals surface area (Å²) in [5.41, 5.74) is -1.68. The summed E-state index contributed by atoms with van der Waals surface area (Å²) >= 11 is 0. The molecule has 1 aromatic rings. The van der Waals surface area contributed by atoms with E-state index in [1.54, 1.807) is 27.7 Å². The molecular formula is C22H29F3N2O5. The molecule has 7 nitrogen and oxygen atoms in total. The summed E-state index contributed by atoms with van der Waals surface area (Å²) in [6.07, 6.45) is -5.94. The molecule has 0 bridgehead atoms. The molecule has 2 atom stereocenters. The Kier molecular flexibility index (Phi) is 8.28. The minimum absolute atomic E-state index is 0.100. The molecule has 1 N–H and O–H groups in total. The molecular weight excluding hydrogens is 429 g/mol. The van der Waals surface area contributed by atoms with Crippen LogP contribution in [0.4, 0.5) is 18.0 Å². The van der Waals surface area contributed by atoms with Crippen LogP contribution in [-0.2, 0) is 20.4 Å². The predicted molar refractivity (Wildman–Crippen MR) is 110 cm³/mol. The Morgan fingerprint density at radius 3 is 2.41 bits per heavy atom. The zero-order valence-electron chi connectivity index (χ0n) is 18.6. The van der Waals surface area contributed by atoms with Gasteiger partial charge in [-0.2, -0.15) is 13.2 Å². The highest BCUT2D eigenvalue weighted by Crippen LogP contribution is 2.29. The number of rotatable bonds is 7. The SMILES string of the molecule is CCO[C@H]1CN(C(=O)OC(C)(C)C)C[C@@H]1NC(=O)CCC(=O)c1cccc(C(F)(F)F)c1. The Morgan fingerprint density at radius 1 is 1.12 bits per heavy atom. The molecule has 178 valence electrons. The van der Waals surface area contributed by atoms with E-state index in [4.69, 9.17) is 9.47 Å². The lowest BCUT2D eigenvalue weighted by Gasteiger charge is -2.24. The Labute approximate surface area is 185 Å². The lowest BCUT2D eigenvalue weighted by atomic mass is 10.0. The molecule has 0 radical (unpaired) electrons. The number of Topliss-reactive ketones (excluding diaryl/α,β-unsaturated/α-hetero) is 1. The van der Waals surface area contributed by atoms with Crippen molar-refractivity contribution in [2.75, 3.05) is 19.7 Å². The van der Waals surface area contributed by atoms with Gasteiger partial charge in [0.15, 0.2) is 5.78 Å². The van der Waals surface area contributed by atoms with Crippen LogP contribution in [0.15, 0.2) is 24.3 Å². The van der Waals surface area contributed by atoms with Gasteiger partial charge in [-0.05, 0) is 39.8 Å². The highest BCUT2D eigenvalue weighted by molar-refractivity contribution is 5.98. The second-order valence-electron chi connectivity index (χ2n) is 8.55. The molecule has 1 aromatic carbocycles. The summed E-state index contributed by atoms with van der Waals surface area (Å²) in [7, 11) is 0. The van der Waals surface area contributed by atoms with E-state index in [9.17, 15) is 27.6 Å². The van der Waals surface area contributed by atoms with Crippen molar-refractivity contribution in [2.24, 2.45) is 0 Å². The second-order valence-corrected chi connectivity index (χ2v) is 8.55. The summed E-state index contributed by atoms with van der Waals surface area (Å²) in [5, 5.41) is 2.76. The van der Waals surface area contributed by atoms with Gasteiger partial charge in [0, 0.05) is 31.6 Å². The maximum atomic E-state index is 12.8. The topological polar surface area (TPSA) is 84.9 Å². The van der Waals surface area contributed by atoms with Crippen molar-refractivity contribution in [3.8, 4) is 0 Å². The highest BCUT2D eigenvalue weighted by Gasteiger charge is 2.38. The molecule has 1 aliphatic rings. The first-order chi connectivity index (χ1) is 14.8. The van der Waals surface area contributed by atoms with Gasteiger partial charge in [0.25, 0.3) is 0 Å². The Hall–Kier alpha value is -2.62. The van der Waals surface area contributed by atoms with Crippen LogP contribution in [0, 0.1) is 0 Å². The monoisotopic (exact) mass is 458 g/mol. The third-order valence-corrected chi connectivity index (χ3v) is 4.74. The molecule has 0 saturated carbocycles. The smallest absolute Gasteiger partial charge is 0.416 e. The van der Waals surface area contributed by atoms with Crippen molar-refractivity contribution in [1.29, 1.82) is 0 Å². The molecule has 32 heavy (non-hydrogen) atoms. The summed E-state index contributed by atoms with van der Waals surface area (Å²) in [6.45, 7) is 7.87. The number of nitrogens with zero attached hydrogens (tertiary/aromatic N) is 1. The molecule has 2 amide bonds. The molecule has 0 unspecified atom stereocenters. The molecule has 10 heteroatoms. The van der Waals surface area contributed by atoms with Crippen LogP contribution in [0.3, 0.4) is 0 Å². The summed E-state index contributed by atoms with van der Waals surface area (Å²) in [4.78, 5) is 38.4. The van der Waals surface area contributed by atoms with Crippen LogP contribution in [0.5, 0.6) is 0 Å². The quantitative estimate of drug-likeness (QED) is 0.628. The Morgan fingerprint density at radius 2 is 1.81 bits per heavy atom. The fourth-order valence-electron chi connectivity index (χ4n) is 3.29. The van der Waals surface area contributed by atoms with Gasteiger partial charge in [-0.25, -0.2) is 4.79 Å². The van der Waals surface area contributed by atoms with Crippen molar-refractivity contribution in [1.82, 2.24) is 10.2 Å². The second kappa shape index (κ2) is 10.3. The van der Waals surface area contributed by atoms with Crippen molar-refractivity contribution >= 4 is 17.8 Å². The average Bonchev–Trinajstić information content (AvgIpc) is 3.07. The Balaban J connectivity index is 1.93. The van der Waals surface area contributed by atoms with Crippen molar-refractivity contribution in [2.45, 2.75) is 64.5 Å². The number of benzene rings is 1. The van der Waals surface area contributed by atoms with Gasteiger partial charge in [0.1, 0.15) is 5.60 Å². The average molecular weight is 458 g/mol. The molecule has 0 aliphatic carbocycles. The molecule has 1 heterocycles. The number of carbonyl (C=O) groups excluding carboxylic acids is 3. The van der Waals surface area contributed by atoms with E-state index >= 15 is 0 Å². The number of hydrogen-bond acceptors (Lipinski definition) is 5. The van der Waals surface area contributed by atoms with Gasteiger partial charge in [-0.3, -0.25) is 9.59 Å². The van der Waals surface area contributed by atoms with Gasteiger partial charge in [-0.15, -0.1) is 0 Å². The molecule has 2 rings (SSSR count). The number of alkyl halides is 3.